The average Bonchev–Trinajstić information content (AvgIpc) is 2.52. The number of rotatable bonds is 3. The minimum Gasteiger partial charge on any atom is -0.339 e. The number of amides is 1. The van der Waals surface area contributed by atoms with Crippen LogP contribution in [0.4, 0.5) is 0 Å². The molecule has 1 saturated heterocycles. The highest BCUT2D eigenvalue weighted by Crippen LogP contribution is 2.29. The maximum Gasteiger partial charge on any atom is 0.243 e. The van der Waals surface area contributed by atoms with E-state index in [1.165, 1.54) is 4.31 Å². The number of nitrogens with two attached hydrogens (primary N) is 1. The highest BCUT2D eigenvalue weighted by Gasteiger charge is 2.33. The second-order valence-corrected chi connectivity index (χ2v) is 8.48. The first-order chi connectivity index (χ1) is 11.1. The Morgan fingerprint density at radius 1 is 1.04 bits per heavy atom. The molecule has 0 saturated carbocycles. The van der Waals surface area contributed by atoms with E-state index in [2.05, 4.69) is 0 Å². The third-order valence-electron chi connectivity index (χ3n) is 4.83. The molecule has 2 N–H and O–H groups in total. The van der Waals surface area contributed by atoms with Crippen molar-refractivity contribution >= 4 is 15.9 Å². The van der Waals surface area contributed by atoms with Crippen LogP contribution in [0, 0.1) is 27.7 Å². The van der Waals surface area contributed by atoms with Crippen molar-refractivity contribution < 1.29 is 13.2 Å². The van der Waals surface area contributed by atoms with Gasteiger partial charge in [-0.25, -0.2) is 8.42 Å². The largest absolute Gasteiger partial charge is 0.339 e. The second-order valence-electron chi connectivity index (χ2n) is 6.61. The van der Waals surface area contributed by atoms with E-state index in [9.17, 15) is 13.2 Å². The van der Waals surface area contributed by atoms with Gasteiger partial charge in [-0.15, -0.1) is 0 Å². The zero-order valence-electron chi connectivity index (χ0n) is 15.1. The predicted molar refractivity (Wildman–Crippen MR) is 94.4 cm³/mol. The molecule has 1 unspecified atom stereocenters. The first kappa shape index (κ1) is 18.9. The van der Waals surface area contributed by atoms with Gasteiger partial charge in [-0.2, -0.15) is 4.31 Å². The fourth-order valence-electron chi connectivity index (χ4n) is 3.13. The molecule has 1 aromatic carbocycles. The maximum absolute atomic E-state index is 13.1. The number of aryl methyl sites for hydroxylation is 2. The molecule has 1 amide bonds. The molecule has 7 heteroatoms. The van der Waals surface area contributed by atoms with Gasteiger partial charge in [0.1, 0.15) is 0 Å². The fourth-order valence-corrected chi connectivity index (χ4v) is 5.13. The van der Waals surface area contributed by atoms with E-state index in [-0.39, 0.29) is 5.91 Å². The summed E-state index contributed by atoms with van der Waals surface area (Å²) in [6, 6.07) is 1.46. The van der Waals surface area contributed by atoms with Gasteiger partial charge in [-0.3, -0.25) is 4.79 Å². The molecule has 24 heavy (non-hydrogen) atoms. The molecule has 0 radical (unpaired) electrons. The first-order valence-electron chi connectivity index (χ1n) is 8.19. The predicted octanol–water partition coefficient (Wildman–Crippen LogP) is 1.10. The van der Waals surface area contributed by atoms with Crippen molar-refractivity contribution in [3.8, 4) is 0 Å². The Morgan fingerprint density at radius 3 is 1.92 bits per heavy atom. The summed E-state index contributed by atoms with van der Waals surface area (Å²) in [7, 11) is -3.57. The maximum atomic E-state index is 13.1. The molecule has 1 aromatic rings. The normalized spacial score (nSPS) is 17.8. The van der Waals surface area contributed by atoms with Crippen LogP contribution in [-0.2, 0) is 14.8 Å². The second kappa shape index (κ2) is 6.82. The lowest BCUT2D eigenvalue weighted by Gasteiger charge is -2.35. The fraction of sp³-hybridized carbons (Fsp3) is 0.588. The van der Waals surface area contributed by atoms with Crippen LogP contribution in [0.15, 0.2) is 11.0 Å². The van der Waals surface area contributed by atoms with E-state index < -0.39 is 16.1 Å². The monoisotopic (exact) mass is 353 g/mol. The molecule has 0 aromatic heterocycles. The van der Waals surface area contributed by atoms with Gasteiger partial charge in [0.05, 0.1) is 10.9 Å². The molecule has 0 aliphatic carbocycles. The topological polar surface area (TPSA) is 83.7 Å². The molecule has 0 spiro atoms. The van der Waals surface area contributed by atoms with Gasteiger partial charge in [-0.1, -0.05) is 6.07 Å². The minimum absolute atomic E-state index is 0.134. The van der Waals surface area contributed by atoms with Crippen molar-refractivity contribution in [2.75, 3.05) is 26.2 Å². The van der Waals surface area contributed by atoms with Crippen molar-refractivity contribution in [2.45, 2.75) is 45.6 Å². The lowest BCUT2D eigenvalue weighted by molar-refractivity contribution is -0.133. The van der Waals surface area contributed by atoms with Crippen LogP contribution in [0.1, 0.15) is 29.2 Å². The summed E-state index contributed by atoms with van der Waals surface area (Å²) in [5.74, 6) is -0.134. The molecule has 1 aliphatic rings. The van der Waals surface area contributed by atoms with Gasteiger partial charge in [0.15, 0.2) is 0 Å². The third-order valence-corrected chi connectivity index (χ3v) is 7.01. The number of hydrogen-bond donors (Lipinski definition) is 1. The number of carbonyl (C=O) groups excluding carboxylic acids is 1. The van der Waals surface area contributed by atoms with Crippen molar-refractivity contribution in [1.29, 1.82) is 0 Å². The highest BCUT2D eigenvalue weighted by atomic mass is 32.2. The summed E-state index contributed by atoms with van der Waals surface area (Å²) in [4.78, 5) is 14.0. The number of nitrogens with zero attached hydrogens (tertiary/aromatic N) is 2. The Balaban J connectivity index is 2.30. The van der Waals surface area contributed by atoms with Crippen LogP contribution in [0.5, 0.6) is 0 Å². The van der Waals surface area contributed by atoms with Gasteiger partial charge >= 0.3 is 0 Å². The van der Waals surface area contributed by atoms with Gasteiger partial charge in [0, 0.05) is 26.2 Å². The Kier molecular flexibility index (Phi) is 5.37. The van der Waals surface area contributed by atoms with Crippen molar-refractivity contribution in [1.82, 2.24) is 9.21 Å². The Bertz CT molecular complexity index is 723. The van der Waals surface area contributed by atoms with E-state index in [0.717, 1.165) is 22.3 Å². The van der Waals surface area contributed by atoms with E-state index in [4.69, 9.17) is 5.73 Å². The Morgan fingerprint density at radius 2 is 1.50 bits per heavy atom. The summed E-state index contributed by atoms with van der Waals surface area (Å²) in [5, 5.41) is 0. The van der Waals surface area contributed by atoms with Gasteiger partial charge < -0.3 is 10.6 Å². The van der Waals surface area contributed by atoms with Gasteiger partial charge in [0.25, 0.3) is 0 Å². The van der Waals surface area contributed by atoms with E-state index >= 15 is 0 Å². The standard InChI is InChI=1S/C17H27N3O3S/c1-11-10-12(2)14(4)16(13(11)3)24(22,23)20-8-6-19(7-9-20)17(21)15(5)18/h10,15H,6-9,18H2,1-5H3. The zero-order valence-corrected chi connectivity index (χ0v) is 15.9. The molecule has 134 valence electrons. The number of carbonyl (C=O) groups is 1. The Labute approximate surface area is 144 Å². The summed E-state index contributed by atoms with van der Waals surface area (Å²) in [6.45, 7) is 10.6. The van der Waals surface area contributed by atoms with Crippen molar-refractivity contribution in [2.24, 2.45) is 5.73 Å². The lowest BCUT2D eigenvalue weighted by Crippen LogP contribution is -2.53. The SMILES string of the molecule is Cc1cc(C)c(C)c(S(=O)(=O)N2CCN(C(=O)C(C)N)CC2)c1C. The molecular formula is C17H27N3O3S. The number of sulfonamides is 1. The number of benzene rings is 1. The minimum atomic E-state index is -3.57. The molecule has 1 fully saturated rings. The Hall–Kier alpha value is -1.44. The summed E-state index contributed by atoms with van der Waals surface area (Å²) >= 11 is 0. The highest BCUT2D eigenvalue weighted by molar-refractivity contribution is 7.89. The van der Waals surface area contributed by atoms with Crippen LogP contribution >= 0.6 is 0 Å². The summed E-state index contributed by atoms with van der Waals surface area (Å²) < 4.78 is 27.8. The molecule has 1 atom stereocenters. The smallest absolute Gasteiger partial charge is 0.243 e. The summed E-state index contributed by atoms with van der Waals surface area (Å²) in [6.07, 6.45) is 0. The van der Waals surface area contributed by atoms with E-state index in [1.807, 2.05) is 33.8 Å². The molecule has 2 rings (SSSR count). The lowest BCUT2D eigenvalue weighted by atomic mass is 10.0. The zero-order chi connectivity index (χ0) is 18.2. The molecule has 1 heterocycles. The molecule has 1 aliphatic heterocycles. The number of hydrogen-bond acceptors (Lipinski definition) is 4. The van der Waals surface area contributed by atoms with Crippen molar-refractivity contribution in [3.63, 3.8) is 0 Å². The summed E-state index contributed by atoms with van der Waals surface area (Å²) in [5.41, 5.74) is 9.17. The molecular weight excluding hydrogens is 326 g/mol. The quantitative estimate of drug-likeness (QED) is 0.882. The first-order valence-corrected chi connectivity index (χ1v) is 9.63. The van der Waals surface area contributed by atoms with Crippen LogP contribution in [0.2, 0.25) is 0 Å². The van der Waals surface area contributed by atoms with Crippen LogP contribution in [0.25, 0.3) is 0 Å². The average molecular weight is 353 g/mol. The van der Waals surface area contributed by atoms with Gasteiger partial charge in [0.2, 0.25) is 15.9 Å². The van der Waals surface area contributed by atoms with E-state index in [1.54, 1.807) is 11.8 Å². The van der Waals surface area contributed by atoms with E-state index in [0.29, 0.717) is 31.1 Å². The van der Waals surface area contributed by atoms with Crippen LogP contribution in [-0.4, -0.2) is 55.8 Å². The molecule has 6 nitrogen and oxygen atoms in total. The van der Waals surface area contributed by atoms with Crippen LogP contribution < -0.4 is 5.73 Å². The van der Waals surface area contributed by atoms with Crippen molar-refractivity contribution in [3.05, 3.63) is 28.3 Å². The van der Waals surface area contributed by atoms with Crippen LogP contribution in [0.3, 0.4) is 0 Å². The third kappa shape index (κ3) is 3.34. The molecule has 0 bridgehead atoms. The van der Waals surface area contributed by atoms with Gasteiger partial charge in [-0.05, 0) is 56.9 Å². The number of piperazine rings is 1.